The Morgan fingerprint density at radius 3 is 1.33 bits per heavy atom. The first-order chi connectivity index (χ1) is 24.6. The summed E-state index contributed by atoms with van der Waals surface area (Å²) in [7, 11) is 0. The third-order valence-corrected chi connectivity index (χ3v) is 18.4. The summed E-state index contributed by atoms with van der Waals surface area (Å²) < 4.78 is 0. The van der Waals surface area contributed by atoms with Crippen molar-refractivity contribution < 1.29 is 51.0 Å². The summed E-state index contributed by atoms with van der Waals surface area (Å²) >= 11 is 0. The van der Waals surface area contributed by atoms with Crippen LogP contribution in [0.1, 0.15) is 173 Å². The molecule has 8 fully saturated rings. The van der Waals surface area contributed by atoms with Gasteiger partial charge in [0, 0.05) is 11.3 Å². The van der Waals surface area contributed by atoms with Crippen LogP contribution in [-0.2, 0) is 37.0 Å². The molecule has 0 radical (unpaired) electrons. The zero-order valence-electron chi connectivity index (χ0n) is 35.4. The van der Waals surface area contributed by atoms with E-state index in [0.29, 0.717) is 28.6 Å². The fraction of sp³-hybridized carbons (Fsp3) is 0.692. The van der Waals surface area contributed by atoms with E-state index in [4.69, 9.17) is 0 Å². The first kappa shape index (κ1) is 41.1. The fourth-order valence-electron chi connectivity index (χ4n) is 16.8. The van der Waals surface area contributed by atoms with Crippen LogP contribution in [0.5, 0.6) is 0 Å². The summed E-state index contributed by atoms with van der Waals surface area (Å²) in [5.74, 6) is 7.63. The van der Waals surface area contributed by atoms with Crippen LogP contribution in [0, 0.1) is 63.6 Å². The molecular formula is C52H68Cl2Zr. The molecule has 2 atom stereocenters. The van der Waals surface area contributed by atoms with Crippen LogP contribution in [0.25, 0.3) is 11.1 Å². The summed E-state index contributed by atoms with van der Waals surface area (Å²) in [6, 6.07) is 16.6. The molecule has 2 aromatic carbocycles. The molecule has 2 aromatic rings. The SMILES string of the molecule is CC(C)C1CC(C2c3ccc(C45CC6CC(CC(C6)C4)C5)cc3-c3cc(C45CC6CC(CC(C6)C4)C5)ccc32)(C(C)(C)C)C2=C1CC(C(C)(C)C)=C2.[Cl-].[Cl-].[Zr+2]. The van der Waals surface area contributed by atoms with Gasteiger partial charge >= 0.3 is 26.2 Å². The molecule has 0 spiro atoms. The van der Waals surface area contributed by atoms with Gasteiger partial charge in [0.1, 0.15) is 0 Å². The Labute approximate surface area is 366 Å². The largest absolute Gasteiger partial charge is 2.00 e. The monoisotopic (exact) mass is 852 g/mol. The van der Waals surface area contributed by atoms with Crippen molar-refractivity contribution in [3.8, 4) is 11.1 Å². The van der Waals surface area contributed by atoms with Crippen molar-refractivity contribution in [2.75, 3.05) is 0 Å². The number of hydrogen-bond donors (Lipinski definition) is 0. The van der Waals surface area contributed by atoms with Crippen LogP contribution >= 0.6 is 0 Å². The van der Waals surface area contributed by atoms with E-state index >= 15 is 0 Å². The summed E-state index contributed by atoms with van der Waals surface area (Å²) in [5, 5.41) is 0. The molecule has 8 bridgehead atoms. The first-order valence-electron chi connectivity index (χ1n) is 22.4. The van der Waals surface area contributed by atoms with Crippen molar-refractivity contribution in [3.63, 3.8) is 0 Å². The van der Waals surface area contributed by atoms with Crippen molar-refractivity contribution in [2.24, 2.45) is 63.6 Å². The molecule has 11 aliphatic carbocycles. The Morgan fingerprint density at radius 2 is 0.982 bits per heavy atom. The van der Waals surface area contributed by atoms with E-state index < -0.39 is 0 Å². The average Bonchev–Trinajstić information content (AvgIpc) is 3.73. The van der Waals surface area contributed by atoms with Gasteiger partial charge in [-0.2, -0.15) is 0 Å². The Hall–Kier alpha value is -0.617. The molecule has 13 rings (SSSR count). The smallest absolute Gasteiger partial charge is 1.00 e. The summed E-state index contributed by atoms with van der Waals surface area (Å²) in [4.78, 5) is 0. The molecule has 294 valence electrons. The van der Waals surface area contributed by atoms with Gasteiger partial charge in [0.25, 0.3) is 0 Å². The predicted octanol–water partition coefficient (Wildman–Crippen LogP) is 8.12. The molecule has 2 unspecified atom stereocenters. The maximum absolute atomic E-state index is 2.84. The number of halogens is 2. The van der Waals surface area contributed by atoms with Crippen LogP contribution in [0.2, 0.25) is 0 Å². The van der Waals surface area contributed by atoms with E-state index in [-0.39, 0.29) is 67.3 Å². The number of fused-ring (bicyclic) bond motifs is 3. The zero-order chi connectivity index (χ0) is 35.7. The van der Waals surface area contributed by atoms with E-state index in [1.165, 1.54) is 89.9 Å². The molecule has 0 aliphatic heterocycles. The second-order valence-electron chi connectivity index (χ2n) is 23.7. The number of rotatable bonds is 4. The zero-order valence-corrected chi connectivity index (χ0v) is 39.4. The molecule has 55 heavy (non-hydrogen) atoms. The Bertz CT molecular complexity index is 1760. The topological polar surface area (TPSA) is 0 Å². The molecule has 3 heteroatoms. The number of benzene rings is 2. The molecule has 0 saturated heterocycles. The first-order valence-corrected chi connectivity index (χ1v) is 22.4. The molecular weight excluding hydrogens is 787 g/mol. The van der Waals surface area contributed by atoms with E-state index in [9.17, 15) is 0 Å². The third-order valence-electron chi connectivity index (χ3n) is 18.4. The van der Waals surface area contributed by atoms with Gasteiger partial charge in [-0.3, -0.25) is 0 Å². The Balaban J connectivity index is 0.00000142. The summed E-state index contributed by atoms with van der Waals surface area (Å²) in [6.07, 6.45) is 23.2. The van der Waals surface area contributed by atoms with Gasteiger partial charge < -0.3 is 24.8 Å². The maximum atomic E-state index is 2.84. The second-order valence-corrected chi connectivity index (χ2v) is 23.7. The van der Waals surface area contributed by atoms with Gasteiger partial charge in [-0.05, 0) is 198 Å². The van der Waals surface area contributed by atoms with Crippen LogP contribution < -0.4 is 24.8 Å². The van der Waals surface area contributed by atoms with E-state index in [1.807, 2.05) is 0 Å². The van der Waals surface area contributed by atoms with E-state index in [0.717, 1.165) is 35.5 Å². The predicted molar refractivity (Wildman–Crippen MR) is 217 cm³/mol. The summed E-state index contributed by atoms with van der Waals surface area (Å²) in [5.41, 5.74) is 16.6. The van der Waals surface area contributed by atoms with Crippen molar-refractivity contribution in [1.29, 1.82) is 0 Å². The Kier molecular flexibility index (Phi) is 10.1. The quantitative estimate of drug-likeness (QED) is 0.292. The number of allylic oxidation sites excluding steroid dienone is 4. The van der Waals surface area contributed by atoms with Crippen molar-refractivity contribution >= 4 is 0 Å². The summed E-state index contributed by atoms with van der Waals surface area (Å²) in [6.45, 7) is 20.3. The van der Waals surface area contributed by atoms with Gasteiger partial charge in [-0.15, -0.1) is 0 Å². The fourth-order valence-corrected chi connectivity index (χ4v) is 16.8. The minimum Gasteiger partial charge on any atom is -1.00 e. The van der Waals surface area contributed by atoms with E-state index in [1.54, 1.807) is 50.1 Å². The number of hydrogen-bond acceptors (Lipinski definition) is 0. The normalized spacial score (nSPS) is 40.1. The van der Waals surface area contributed by atoms with Crippen molar-refractivity contribution in [1.82, 2.24) is 0 Å². The van der Waals surface area contributed by atoms with Gasteiger partial charge in [-0.1, -0.05) is 109 Å². The van der Waals surface area contributed by atoms with Crippen molar-refractivity contribution in [3.05, 3.63) is 81.4 Å². The molecule has 0 amide bonds. The minimum absolute atomic E-state index is 0. The molecule has 11 aliphatic rings. The second kappa shape index (κ2) is 13.4. The standard InChI is InChI=1S/C52H68.2ClH.Zr/c1-30(2)45-29-52(49(6,7)8,46-22-39(21-44(45)46)48(3,4)5)47-40-11-9-37(50-23-31-13-32(24-50)15-33(14-31)25-50)19-42(40)43-20-38(10-12-41(43)47)51-26-34-16-35(27-51)18-36(17-34)28-51;;;/h9-12,19-20,22,30-36,45,47H,13-18,21,23-29H2,1-8H3;2*1H;/q;;;+2/p-2. The molecule has 8 saturated carbocycles. The van der Waals surface area contributed by atoms with Crippen LogP contribution in [0.15, 0.2) is 59.2 Å². The van der Waals surface area contributed by atoms with Crippen LogP contribution in [0.3, 0.4) is 0 Å². The van der Waals surface area contributed by atoms with Gasteiger partial charge in [0.2, 0.25) is 0 Å². The molecule has 0 aromatic heterocycles. The van der Waals surface area contributed by atoms with E-state index in [2.05, 4.69) is 97.9 Å². The molecule has 0 N–H and O–H groups in total. The third kappa shape index (κ3) is 5.84. The average molecular weight is 855 g/mol. The van der Waals surface area contributed by atoms with Gasteiger partial charge in [0.15, 0.2) is 0 Å². The van der Waals surface area contributed by atoms with Crippen LogP contribution in [-0.4, -0.2) is 0 Å². The Morgan fingerprint density at radius 1 is 0.582 bits per heavy atom. The maximum Gasteiger partial charge on any atom is 2.00 e. The van der Waals surface area contributed by atoms with Crippen LogP contribution in [0.4, 0.5) is 0 Å². The van der Waals surface area contributed by atoms with Gasteiger partial charge in [0.05, 0.1) is 0 Å². The van der Waals surface area contributed by atoms with Gasteiger partial charge in [-0.25, -0.2) is 0 Å². The van der Waals surface area contributed by atoms with Crippen molar-refractivity contribution in [2.45, 2.75) is 162 Å². The minimum atomic E-state index is 0. The molecule has 0 heterocycles. The molecule has 0 nitrogen and oxygen atoms in total.